The minimum absolute atomic E-state index is 0.104. The molecule has 3 nitrogen and oxygen atoms in total. The fourth-order valence-electron chi connectivity index (χ4n) is 1.27. The zero-order valence-electron chi connectivity index (χ0n) is 8.42. The summed E-state index contributed by atoms with van der Waals surface area (Å²) < 4.78 is 7.12. The number of hydrogen-bond donors (Lipinski definition) is 0. The maximum absolute atomic E-state index is 11.5. The zero-order chi connectivity index (χ0) is 10.6. The molecule has 0 N–H and O–H groups in total. The van der Waals surface area contributed by atoms with Crippen LogP contribution in [0.25, 0.3) is 0 Å². The topological polar surface area (TPSA) is 31.2 Å². The molecule has 0 aliphatic carbocycles. The van der Waals surface area contributed by atoms with Crippen molar-refractivity contribution in [3.63, 3.8) is 0 Å². The van der Waals surface area contributed by atoms with E-state index in [2.05, 4.69) is 0 Å². The summed E-state index contributed by atoms with van der Waals surface area (Å²) in [7, 11) is 0. The Morgan fingerprint density at radius 2 is 2.21 bits per heavy atom. The number of alkyl halides is 1. The van der Waals surface area contributed by atoms with E-state index < -0.39 is 0 Å². The maximum Gasteiger partial charge on any atom is 0.223 e. The molecule has 0 aliphatic rings. The predicted molar refractivity (Wildman–Crippen MR) is 57.1 cm³/mol. The van der Waals surface area contributed by atoms with Crippen molar-refractivity contribution in [2.75, 3.05) is 6.61 Å². The molecule has 0 spiro atoms. The number of nitrogens with zero attached hydrogens (tertiary/aromatic N) is 1. The van der Waals surface area contributed by atoms with Crippen LogP contribution in [0.15, 0.2) is 17.1 Å². The smallest absolute Gasteiger partial charge is 0.223 e. The van der Waals surface area contributed by atoms with Crippen molar-refractivity contribution in [3.8, 4) is 5.75 Å². The summed E-state index contributed by atoms with van der Waals surface area (Å²) in [5.74, 6) is 0.735. The highest BCUT2D eigenvalue weighted by atomic mass is 35.5. The zero-order valence-corrected chi connectivity index (χ0v) is 9.17. The quantitative estimate of drug-likeness (QED) is 0.720. The van der Waals surface area contributed by atoms with Crippen LogP contribution in [0.1, 0.15) is 19.5 Å². The third kappa shape index (κ3) is 2.29. The molecule has 0 radical (unpaired) electrons. The summed E-state index contributed by atoms with van der Waals surface area (Å²) in [4.78, 5) is 11.5. The summed E-state index contributed by atoms with van der Waals surface area (Å²) >= 11 is 5.71. The maximum atomic E-state index is 11.5. The summed E-state index contributed by atoms with van der Waals surface area (Å²) in [5.41, 5.74) is 0.717. The average molecular weight is 216 g/mol. The summed E-state index contributed by atoms with van der Waals surface area (Å²) in [6, 6.07) is 1.53. The molecule has 78 valence electrons. The van der Waals surface area contributed by atoms with Crippen LogP contribution in [0, 0.1) is 0 Å². The highest BCUT2D eigenvalue weighted by Gasteiger charge is 2.05. The van der Waals surface area contributed by atoms with Crippen molar-refractivity contribution >= 4 is 11.6 Å². The van der Waals surface area contributed by atoms with Gasteiger partial charge in [-0.25, -0.2) is 0 Å². The molecule has 1 heterocycles. The number of hydrogen-bond acceptors (Lipinski definition) is 2. The average Bonchev–Trinajstić information content (AvgIpc) is 2.20. The van der Waals surface area contributed by atoms with Gasteiger partial charge in [0.2, 0.25) is 5.43 Å². The van der Waals surface area contributed by atoms with Gasteiger partial charge in [-0.05, 0) is 13.8 Å². The lowest BCUT2D eigenvalue weighted by Crippen LogP contribution is -2.14. The molecular formula is C10H14ClNO2. The first-order valence-corrected chi connectivity index (χ1v) is 5.18. The van der Waals surface area contributed by atoms with Crippen LogP contribution in [0.5, 0.6) is 5.75 Å². The molecule has 0 saturated carbocycles. The number of ether oxygens (including phenoxy) is 1. The van der Waals surface area contributed by atoms with E-state index in [0.717, 1.165) is 12.2 Å². The number of aryl methyl sites for hydroxylation is 1. The lowest BCUT2D eigenvalue weighted by molar-refractivity contribution is 0.333. The van der Waals surface area contributed by atoms with Crippen LogP contribution in [-0.2, 0) is 12.4 Å². The highest BCUT2D eigenvalue weighted by Crippen LogP contribution is 2.08. The molecule has 1 aromatic rings. The third-order valence-corrected chi connectivity index (χ3v) is 2.23. The largest absolute Gasteiger partial charge is 0.488 e. The molecule has 0 aromatic carbocycles. The van der Waals surface area contributed by atoms with Gasteiger partial charge in [0.15, 0.2) is 5.75 Å². The van der Waals surface area contributed by atoms with Gasteiger partial charge in [-0.1, -0.05) is 0 Å². The van der Waals surface area contributed by atoms with Crippen LogP contribution in [0.4, 0.5) is 0 Å². The number of aromatic nitrogens is 1. The number of halogens is 1. The molecule has 0 saturated heterocycles. The standard InChI is InChI=1S/C10H14ClNO2/c1-3-12-7-10(14-4-2)9(13)5-8(12)6-11/h5,7H,3-4,6H2,1-2H3. The van der Waals surface area contributed by atoms with E-state index in [0.29, 0.717) is 18.2 Å². The van der Waals surface area contributed by atoms with Gasteiger partial charge in [0.1, 0.15) is 0 Å². The molecule has 0 fully saturated rings. The molecule has 0 atom stereocenters. The lowest BCUT2D eigenvalue weighted by Gasteiger charge is -2.11. The normalized spacial score (nSPS) is 10.2. The Kier molecular flexibility index (Phi) is 4.01. The molecule has 1 rings (SSSR count). The van der Waals surface area contributed by atoms with Gasteiger partial charge in [-0.3, -0.25) is 4.79 Å². The second-order valence-electron chi connectivity index (χ2n) is 2.85. The second kappa shape index (κ2) is 5.05. The van der Waals surface area contributed by atoms with Crippen LogP contribution in [-0.4, -0.2) is 11.2 Å². The van der Waals surface area contributed by atoms with Crippen molar-refractivity contribution in [3.05, 3.63) is 28.2 Å². The summed E-state index contributed by atoms with van der Waals surface area (Å²) in [6.07, 6.45) is 1.71. The summed E-state index contributed by atoms with van der Waals surface area (Å²) in [5, 5.41) is 0. The Morgan fingerprint density at radius 1 is 1.50 bits per heavy atom. The van der Waals surface area contributed by atoms with Crippen molar-refractivity contribution < 1.29 is 4.74 Å². The van der Waals surface area contributed by atoms with Crippen LogP contribution in [0.3, 0.4) is 0 Å². The molecular weight excluding hydrogens is 202 g/mol. The van der Waals surface area contributed by atoms with Crippen LogP contribution in [0.2, 0.25) is 0 Å². The molecule has 1 aromatic heterocycles. The fourth-order valence-corrected chi connectivity index (χ4v) is 1.50. The minimum Gasteiger partial charge on any atom is -0.488 e. The van der Waals surface area contributed by atoms with Crippen molar-refractivity contribution in [1.29, 1.82) is 0 Å². The molecule has 0 aliphatic heterocycles. The second-order valence-corrected chi connectivity index (χ2v) is 3.11. The molecule has 0 unspecified atom stereocenters. The molecule has 14 heavy (non-hydrogen) atoms. The van der Waals surface area contributed by atoms with E-state index in [1.807, 2.05) is 18.4 Å². The van der Waals surface area contributed by atoms with Gasteiger partial charge in [0.25, 0.3) is 0 Å². The van der Waals surface area contributed by atoms with Gasteiger partial charge in [-0.2, -0.15) is 0 Å². The number of pyridine rings is 1. The van der Waals surface area contributed by atoms with Gasteiger partial charge < -0.3 is 9.30 Å². The minimum atomic E-state index is -0.104. The predicted octanol–water partition coefficient (Wildman–Crippen LogP) is 2.01. The van der Waals surface area contributed by atoms with Gasteiger partial charge in [0.05, 0.1) is 18.7 Å². The Hall–Kier alpha value is -0.960. The monoisotopic (exact) mass is 215 g/mol. The van der Waals surface area contributed by atoms with E-state index in [9.17, 15) is 4.79 Å². The SMILES string of the molecule is CCOc1cn(CC)c(CCl)cc1=O. The van der Waals surface area contributed by atoms with E-state index in [4.69, 9.17) is 16.3 Å². The van der Waals surface area contributed by atoms with Gasteiger partial charge in [-0.15, -0.1) is 11.6 Å². The Labute approximate surface area is 88.3 Å². The van der Waals surface area contributed by atoms with E-state index >= 15 is 0 Å². The molecule has 0 bridgehead atoms. The highest BCUT2D eigenvalue weighted by molar-refractivity contribution is 6.16. The molecule has 4 heteroatoms. The lowest BCUT2D eigenvalue weighted by atomic mass is 10.3. The first-order valence-electron chi connectivity index (χ1n) is 4.65. The Bertz CT molecular complexity index is 360. The first kappa shape index (κ1) is 11.1. The number of rotatable bonds is 4. The Morgan fingerprint density at radius 3 is 2.71 bits per heavy atom. The van der Waals surface area contributed by atoms with E-state index in [1.165, 1.54) is 6.07 Å². The summed E-state index contributed by atoms with van der Waals surface area (Å²) in [6.45, 7) is 5.13. The van der Waals surface area contributed by atoms with E-state index in [1.54, 1.807) is 6.20 Å². The third-order valence-electron chi connectivity index (χ3n) is 1.96. The fraction of sp³-hybridized carbons (Fsp3) is 0.500. The van der Waals surface area contributed by atoms with E-state index in [-0.39, 0.29) is 5.43 Å². The van der Waals surface area contributed by atoms with Gasteiger partial charge >= 0.3 is 0 Å². The van der Waals surface area contributed by atoms with Crippen LogP contribution < -0.4 is 10.2 Å². The van der Waals surface area contributed by atoms with Crippen molar-refractivity contribution in [2.45, 2.75) is 26.3 Å². The van der Waals surface area contributed by atoms with Crippen LogP contribution >= 0.6 is 11.6 Å². The van der Waals surface area contributed by atoms with Crippen molar-refractivity contribution in [2.24, 2.45) is 0 Å². The Balaban J connectivity index is 3.16. The first-order chi connectivity index (χ1) is 6.72. The molecule has 0 amide bonds. The van der Waals surface area contributed by atoms with Crippen molar-refractivity contribution in [1.82, 2.24) is 4.57 Å². The van der Waals surface area contributed by atoms with Gasteiger partial charge in [0, 0.05) is 18.3 Å².